The number of anilines is 1. The van der Waals surface area contributed by atoms with E-state index in [1.165, 1.54) is 22.2 Å². The van der Waals surface area contributed by atoms with Gasteiger partial charge < -0.3 is 14.6 Å². The van der Waals surface area contributed by atoms with E-state index in [0.717, 1.165) is 68.2 Å². The zero-order valence-corrected chi connectivity index (χ0v) is 19.9. The first-order valence-electron chi connectivity index (χ1n) is 12.3. The monoisotopic (exact) mass is 467 g/mol. The molecule has 0 unspecified atom stereocenters. The molecule has 2 aromatic heterocycles. The number of aryl methyl sites for hydroxylation is 1. The van der Waals surface area contributed by atoms with Crippen LogP contribution >= 0.6 is 0 Å². The van der Waals surface area contributed by atoms with Crippen LogP contribution in [0.2, 0.25) is 0 Å². The Morgan fingerprint density at radius 3 is 2.60 bits per heavy atom. The van der Waals surface area contributed by atoms with Gasteiger partial charge in [-0.15, -0.1) is 0 Å². The molecule has 0 spiro atoms. The largest absolute Gasteiger partial charge is 0.476 e. The molecule has 0 saturated carbocycles. The first kappa shape index (κ1) is 21.8. The molecule has 35 heavy (non-hydrogen) atoms. The molecule has 0 aliphatic carbocycles. The van der Waals surface area contributed by atoms with Crippen LogP contribution in [0.5, 0.6) is 0 Å². The second-order valence-electron chi connectivity index (χ2n) is 9.50. The molecule has 2 aromatic carbocycles. The fraction of sp³-hybridized carbons (Fsp3) is 0.321. The number of fused-ring (bicyclic) bond motifs is 4. The minimum absolute atomic E-state index is 0.177. The molecule has 1 fully saturated rings. The summed E-state index contributed by atoms with van der Waals surface area (Å²) in [7, 11) is 0. The fourth-order valence-corrected chi connectivity index (χ4v) is 5.62. The highest BCUT2D eigenvalue weighted by molar-refractivity contribution is 5.92. The summed E-state index contributed by atoms with van der Waals surface area (Å²) in [5.41, 5.74) is 8.14. The van der Waals surface area contributed by atoms with Gasteiger partial charge in [-0.05, 0) is 67.6 Å². The van der Waals surface area contributed by atoms with Crippen molar-refractivity contribution in [2.75, 3.05) is 37.6 Å². The Balaban J connectivity index is 1.13. The molecular weight excluding hydrogens is 438 g/mol. The zero-order chi connectivity index (χ0) is 23.9. The molecule has 178 valence electrons. The van der Waals surface area contributed by atoms with Gasteiger partial charge >= 0.3 is 5.97 Å². The molecule has 1 saturated heterocycles. The molecule has 7 heteroatoms. The third kappa shape index (κ3) is 3.96. The summed E-state index contributed by atoms with van der Waals surface area (Å²) in [5.74, 6) is -0.952. The van der Waals surface area contributed by atoms with Crippen LogP contribution in [-0.4, -0.2) is 63.2 Å². The molecule has 4 aromatic rings. The van der Waals surface area contributed by atoms with Crippen molar-refractivity contribution >= 4 is 22.6 Å². The quantitative estimate of drug-likeness (QED) is 0.480. The summed E-state index contributed by atoms with van der Waals surface area (Å²) in [6, 6.07) is 17.1. The van der Waals surface area contributed by atoms with Crippen LogP contribution in [0.15, 0.2) is 54.9 Å². The number of pyridine rings is 1. The number of carboxylic acid groups (broad SMARTS) is 1. The third-order valence-corrected chi connectivity index (χ3v) is 7.45. The second-order valence-corrected chi connectivity index (χ2v) is 9.50. The standard InChI is InChI=1S/C28H29N5O2/c1-19-8-9-22-23(30-19)5-3-6-24(22)32-16-14-31(15-17-32)13-12-20-4-2-7-25-21(20)10-11-26-27(28(34)35)29-18-33(25)26/h2-9,18H,10-17H2,1H3,(H,34,35). The van der Waals surface area contributed by atoms with Crippen LogP contribution in [-0.2, 0) is 19.3 Å². The van der Waals surface area contributed by atoms with E-state index in [-0.39, 0.29) is 5.69 Å². The lowest BCUT2D eigenvalue weighted by molar-refractivity contribution is 0.0689. The van der Waals surface area contributed by atoms with Crippen molar-refractivity contribution in [3.63, 3.8) is 0 Å². The maximum absolute atomic E-state index is 11.5. The first-order valence-corrected chi connectivity index (χ1v) is 12.3. The van der Waals surface area contributed by atoms with Crippen LogP contribution in [0.25, 0.3) is 16.6 Å². The van der Waals surface area contributed by atoms with E-state index in [0.29, 0.717) is 6.42 Å². The van der Waals surface area contributed by atoms with Gasteiger partial charge in [0.1, 0.15) is 6.33 Å². The Morgan fingerprint density at radius 2 is 1.77 bits per heavy atom. The van der Waals surface area contributed by atoms with Crippen LogP contribution < -0.4 is 4.90 Å². The summed E-state index contributed by atoms with van der Waals surface area (Å²) in [6.45, 7) is 7.16. The number of benzene rings is 2. The van der Waals surface area contributed by atoms with E-state index >= 15 is 0 Å². The summed E-state index contributed by atoms with van der Waals surface area (Å²) in [4.78, 5) is 25.4. The van der Waals surface area contributed by atoms with Crippen molar-refractivity contribution < 1.29 is 9.90 Å². The van der Waals surface area contributed by atoms with Gasteiger partial charge in [-0.1, -0.05) is 18.2 Å². The summed E-state index contributed by atoms with van der Waals surface area (Å²) in [5, 5.41) is 10.7. The van der Waals surface area contributed by atoms with Gasteiger partial charge in [0.15, 0.2) is 5.69 Å². The van der Waals surface area contributed by atoms with E-state index in [2.05, 4.69) is 63.3 Å². The Labute approximate surface area is 204 Å². The molecule has 2 aliphatic heterocycles. The number of imidazole rings is 1. The number of piperazine rings is 1. The van der Waals surface area contributed by atoms with Gasteiger partial charge in [0.25, 0.3) is 0 Å². The summed E-state index contributed by atoms with van der Waals surface area (Å²) in [6.07, 6.45) is 4.23. The van der Waals surface area contributed by atoms with Gasteiger partial charge in [0.2, 0.25) is 0 Å². The number of nitrogens with zero attached hydrogens (tertiary/aromatic N) is 5. The van der Waals surface area contributed by atoms with E-state index in [1.807, 2.05) is 11.5 Å². The Morgan fingerprint density at radius 1 is 0.971 bits per heavy atom. The number of carbonyl (C=O) groups is 1. The van der Waals surface area contributed by atoms with Crippen LogP contribution in [0.1, 0.15) is 33.0 Å². The molecule has 6 rings (SSSR count). The lowest BCUT2D eigenvalue weighted by atomic mass is 9.94. The average Bonchev–Trinajstić information content (AvgIpc) is 3.32. The molecule has 4 heterocycles. The van der Waals surface area contributed by atoms with E-state index in [9.17, 15) is 9.90 Å². The molecule has 1 N–H and O–H groups in total. The average molecular weight is 468 g/mol. The van der Waals surface area contributed by atoms with Crippen LogP contribution in [0.3, 0.4) is 0 Å². The maximum Gasteiger partial charge on any atom is 0.356 e. The molecule has 2 aliphatic rings. The molecule has 7 nitrogen and oxygen atoms in total. The van der Waals surface area contributed by atoms with Crippen molar-refractivity contribution in [2.45, 2.75) is 26.2 Å². The topological polar surface area (TPSA) is 74.5 Å². The van der Waals surface area contributed by atoms with Gasteiger partial charge in [0.05, 0.1) is 16.9 Å². The molecular formula is C28H29N5O2. The second kappa shape index (κ2) is 8.82. The van der Waals surface area contributed by atoms with Gasteiger partial charge in [-0.25, -0.2) is 9.78 Å². The Kier molecular flexibility index (Phi) is 5.49. The van der Waals surface area contributed by atoms with Gasteiger partial charge in [-0.3, -0.25) is 9.88 Å². The van der Waals surface area contributed by atoms with Crippen LogP contribution in [0.4, 0.5) is 5.69 Å². The van der Waals surface area contributed by atoms with E-state index in [1.54, 1.807) is 6.33 Å². The number of hydrogen-bond acceptors (Lipinski definition) is 5. The predicted molar refractivity (Wildman–Crippen MR) is 137 cm³/mol. The van der Waals surface area contributed by atoms with Crippen molar-refractivity contribution in [3.05, 3.63) is 83.1 Å². The minimum atomic E-state index is -0.952. The van der Waals surface area contributed by atoms with Crippen molar-refractivity contribution in [1.82, 2.24) is 19.4 Å². The van der Waals surface area contributed by atoms with Gasteiger partial charge in [-0.2, -0.15) is 0 Å². The van der Waals surface area contributed by atoms with Gasteiger partial charge in [0, 0.05) is 49.5 Å². The predicted octanol–water partition coefficient (Wildman–Crippen LogP) is 3.89. The van der Waals surface area contributed by atoms with Crippen molar-refractivity contribution in [1.29, 1.82) is 0 Å². The van der Waals surface area contributed by atoms with Crippen LogP contribution in [0, 0.1) is 6.92 Å². The Hall–Kier alpha value is -3.71. The molecule has 0 radical (unpaired) electrons. The first-order chi connectivity index (χ1) is 17.1. The number of hydrogen-bond donors (Lipinski definition) is 1. The number of aromatic carboxylic acids is 1. The highest BCUT2D eigenvalue weighted by atomic mass is 16.4. The zero-order valence-electron chi connectivity index (χ0n) is 19.9. The van der Waals surface area contributed by atoms with Crippen molar-refractivity contribution in [2.24, 2.45) is 0 Å². The maximum atomic E-state index is 11.5. The highest BCUT2D eigenvalue weighted by Crippen LogP contribution is 2.30. The number of aromatic nitrogens is 3. The lowest BCUT2D eigenvalue weighted by Gasteiger charge is -2.36. The normalized spacial score (nSPS) is 15.7. The van der Waals surface area contributed by atoms with Crippen molar-refractivity contribution in [3.8, 4) is 5.69 Å². The molecule has 0 atom stereocenters. The fourth-order valence-electron chi connectivity index (χ4n) is 5.62. The Bertz CT molecular complexity index is 1420. The number of rotatable bonds is 5. The van der Waals surface area contributed by atoms with E-state index < -0.39 is 5.97 Å². The highest BCUT2D eigenvalue weighted by Gasteiger charge is 2.25. The minimum Gasteiger partial charge on any atom is -0.476 e. The third-order valence-electron chi connectivity index (χ3n) is 7.45. The summed E-state index contributed by atoms with van der Waals surface area (Å²) >= 11 is 0. The molecule has 0 bridgehead atoms. The summed E-state index contributed by atoms with van der Waals surface area (Å²) < 4.78 is 1.96. The lowest BCUT2D eigenvalue weighted by Crippen LogP contribution is -2.47. The molecule has 0 amide bonds. The number of carboxylic acids is 1. The smallest absolute Gasteiger partial charge is 0.356 e. The van der Waals surface area contributed by atoms with E-state index in [4.69, 9.17) is 4.98 Å². The SMILES string of the molecule is Cc1ccc2c(N3CCN(CCc4cccc5c4CCc4c(C(=O)O)ncn4-5)CC3)cccc2n1.